The van der Waals surface area contributed by atoms with Crippen LogP contribution in [0.5, 0.6) is 5.75 Å². The van der Waals surface area contributed by atoms with Crippen molar-refractivity contribution in [3.63, 3.8) is 0 Å². The second kappa shape index (κ2) is 9.08. The number of nitrogens with zero attached hydrogens (tertiary/aromatic N) is 3. The first kappa shape index (κ1) is 20.2. The minimum absolute atomic E-state index is 0.0195. The molecule has 2 heterocycles. The molecule has 0 radical (unpaired) electrons. The Kier molecular flexibility index (Phi) is 6.54. The number of piperidine rings is 1. The summed E-state index contributed by atoms with van der Waals surface area (Å²) in [6.07, 6.45) is 1.79. The van der Waals surface area contributed by atoms with Gasteiger partial charge in [-0.2, -0.15) is 0 Å². The highest BCUT2D eigenvalue weighted by Crippen LogP contribution is 2.22. The van der Waals surface area contributed by atoms with Gasteiger partial charge in [-0.25, -0.2) is 0 Å². The number of rotatable bonds is 4. The van der Waals surface area contributed by atoms with Gasteiger partial charge in [0.2, 0.25) is 17.7 Å². The fourth-order valence-corrected chi connectivity index (χ4v) is 3.91. The highest BCUT2D eigenvalue weighted by Gasteiger charge is 2.31. The molecule has 0 N–H and O–H groups in total. The molecule has 0 aliphatic carbocycles. The van der Waals surface area contributed by atoms with Gasteiger partial charge in [-0.3, -0.25) is 14.4 Å². The molecule has 3 rings (SSSR count). The Balaban J connectivity index is 1.45. The second-order valence-electron chi connectivity index (χ2n) is 7.51. The van der Waals surface area contributed by atoms with Crippen molar-refractivity contribution in [2.75, 3.05) is 46.4 Å². The molecule has 2 saturated heterocycles. The van der Waals surface area contributed by atoms with E-state index >= 15 is 0 Å². The number of hydrogen-bond donors (Lipinski definition) is 0. The zero-order chi connectivity index (χ0) is 20.1. The van der Waals surface area contributed by atoms with Crippen molar-refractivity contribution in [3.8, 4) is 5.75 Å². The van der Waals surface area contributed by atoms with Crippen LogP contribution in [-0.4, -0.2) is 78.8 Å². The molecule has 2 aliphatic rings. The van der Waals surface area contributed by atoms with Crippen LogP contribution in [0.3, 0.4) is 0 Å². The summed E-state index contributed by atoms with van der Waals surface area (Å²) in [4.78, 5) is 42.3. The number of amides is 3. The normalized spacial score (nSPS) is 18.1. The second-order valence-corrected chi connectivity index (χ2v) is 7.51. The van der Waals surface area contributed by atoms with Crippen molar-refractivity contribution < 1.29 is 19.1 Å². The van der Waals surface area contributed by atoms with E-state index in [1.807, 2.05) is 34.1 Å². The number of piperazine rings is 1. The quantitative estimate of drug-likeness (QED) is 0.778. The molecule has 0 atom stereocenters. The molecular formula is C21H29N3O4. The number of methoxy groups -OCH3 is 1. The van der Waals surface area contributed by atoms with E-state index in [0.29, 0.717) is 58.5 Å². The van der Waals surface area contributed by atoms with Crippen LogP contribution in [-0.2, 0) is 20.8 Å². The van der Waals surface area contributed by atoms with Crippen LogP contribution in [0.25, 0.3) is 0 Å². The number of carbonyl (C=O) groups is 3. The van der Waals surface area contributed by atoms with Gasteiger partial charge in [-0.1, -0.05) is 12.1 Å². The van der Waals surface area contributed by atoms with Crippen LogP contribution < -0.4 is 4.74 Å². The van der Waals surface area contributed by atoms with Gasteiger partial charge in [0.25, 0.3) is 0 Å². The third-order valence-electron chi connectivity index (χ3n) is 5.75. The molecule has 1 aromatic rings. The SMILES string of the molecule is COc1ccc(CC(=O)N2CCC(C(=O)N3CCN(C(C)=O)CC3)CC2)cc1. The fourth-order valence-electron chi connectivity index (χ4n) is 3.91. The third kappa shape index (κ3) is 4.82. The monoisotopic (exact) mass is 387 g/mol. The minimum atomic E-state index is -0.0195. The van der Waals surface area contributed by atoms with Crippen LogP contribution in [0.2, 0.25) is 0 Å². The Morgan fingerprint density at radius 1 is 0.893 bits per heavy atom. The lowest BCUT2D eigenvalue weighted by molar-refractivity contribution is -0.144. The van der Waals surface area contributed by atoms with Gasteiger partial charge in [0, 0.05) is 52.1 Å². The summed E-state index contributed by atoms with van der Waals surface area (Å²) >= 11 is 0. The maximum Gasteiger partial charge on any atom is 0.226 e. The molecule has 0 saturated carbocycles. The summed E-state index contributed by atoms with van der Waals surface area (Å²) in [7, 11) is 1.62. The van der Waals surface area contributed by atoms with E-state index in [9.17, 15) is 14.4 Å². The lowest BCUT2D eigenvalue weighted by Crippen LogP contribution is -2.52. The van der Waals surface area contributed by atoms with E-state index in [0.717, 1.165) is 11.3 Å². The summed E-state index contributed by atoms with van der Waals surface area (Å²) in [6, 6.07) is 7.54. The zero-order valence-corrected chi connectivity index (χ0v) is 16.7. The van der Waals surface area contributed by atoms with Crippen LogP contribution in [0, 0.1) is 5.92 Å². The van der Waals surface area contributed by atoms with Crippen molar-refractivity contribution in [1.82, 2.24) is 14.7 Å². The number of likely N-dealkylation sites (tertiary alicyclic amines) is 1. The van der Waals surface area contributed by atoms with Gasteiger partial charge in [-0.15, -0.1) is 0 Å². The van der Waals surface area contributed by atoms with Crippen molar-refractivity contribution in [1.29, 1.82) is 0 Å². The van der Waals surface area contributed by atoms with Crippen LogP contribution in [0.1, 0.15) is 25.3 Å². The van der Waals surface area contributed by atoms with Gasteiger partial charge in [0.1, 0.15) is 5.75 Å². The van der Waals surface area contributed by atoms with E-state index in [-0.39, 0.29) is 23.6 Å². The summed E-state index contributed by atoms with van der Waals surface area (Å²) in [6.45, 7) is 5.25. The average Bonchev–Trinajstić information content (AvgIpc) is 2.74. The van der Waals surface area contributed by atoms with Gasteiger partial charge >= 0.3 is 0 Å². The van der Waals surface area contributed by atoms with Crippen LogP contribution in [0.4, 0.5) is 0 Å². The number of carbonyl (C=O) groups excluding carboxylic acids is 3. The Morgan fingerprint density at radius 3 is 2.00 bits per heavy atom. The van der Waals surface area contributed by atoms with E-state index in [2.05, 4.69) is 0 Å². The summed E-state index contributed by atoms with van der Waals surface area (Å²) in [5.41, 5.74) is 0.965. The molecule has 0 bridgehead atoms. The number of benzene rings is 1. The van der Waals surface area contributed by atoms with E-state index < -0.39 is 0 Å². The number of hydrogen-bond acceptors (Lipinski definition) is 4. The Labute approximate surface area is 166 Å². The molecular weight excluding hydrogens is 358 g/mol. The molecule has 0 aromatic heterocycles. The minimum Gasteiger partial charge on any atom is -0.497 e. The molecule has 2 fully saturated rings. The molecule has 0 unspecified atom stereocenters. The molecule has 2 aliphatic heterocycles. The van der Waals surface area contributed by atoms with Crippen molar-refractivity contribution in [2.24, 2.45) is 5.92 Å². The predicted octanol–water partition coefficient (Wildman–Crippen LogP) is 1.17. The molecule has 1 aromatic carbocycles. The largest absolute Gasteiger partial charge is 0.497 e. The van der Waals surface area contributed by atoms with Crippen molar-refractivity contribution in [3.05, 3.63) is 29.8 Å². The summed E-state index contributed by atoms with van der Waals surface area (Å²) in [5.74, 6) is 1.10. The predicted molar refractivity (Wildman–Crippen MR) is 105 cm³/mol. The number of ether oxygens (including phenoxy) is 1. The van der Waals surface area contributed by atoms with Crippen LogP contribution >= 0.6 is 0 Å². The Morgan fingerprint density at radius 2 is 1.46 bits per heavy atom. The fraction of sp³-hybridized carbons (Fsp3) is 0.571. The summed E-state index contributed by atoms with van der Waals surface area (Å²) < 4.78 is 5.14. The Bertz CT molecular complexity index is 703. The first-order valence-corrected chi connectivity index (χ1v) is 9.93. The topological polar surface area (TPSA) is 70.2 Å². The maximum atomic E-state index is 12.8. The van der Waals surface area contributed by atoms with E-state index in [1.165, 1.54) is 0 Å². The molecule has 28 heavy (non-hydrogen) atoms. The summed E-state index contributed by atoms with van der Waals surface area (Å²) in [5, 5.41) is 0. The first-order valence-electron chi connectivity index (χ1n) is 9.93. The lowest BCUT2D eigenvalue weighted by atomic mass is 9.94. The Hall–Kier alpha value is -2.57. The third-order valence-corrected chi connectivity index (χ3v) is 5.75. The average molecular weight is 387 g/mol. The molecule has 7 nitrogen and oxygen atoms in total. The smallest absolute Gasteiger partial charge is 0.226 e. The molecule has 152 valence electrons. The van der Waals surface area contributed by atoms with Gasteiger partial charge in [-0.05, 0) is 30.5 Å². The lowest BCUT2D eigenvalue weighted by Gasteiger charge is -2.38. The molecule has 0 spiro atoms. The molecule has 3 amide bonds. The van der Waals surface area contributed by atoms with Gasteiger partial charge in [0.15, 0.2) is 0 Å². The highest BCUT2D eigenvalue weighted by atomic mass is 16.5. The van der Waals surface area contributed by atoms with E-state index in [1.54, 1.807) is 18.9 Å². The van der Waals surface area contributed by atoms with E-state index in [4.69, 9.17) is 4.74 Å². The van der Waals surface area contributed by atoms with Gasteiger partial charge < -0.3 is 19.4 Å². The van der Waals surface area contributed by atoms with Crippen LogP contribution in [0.15, 0.2) is 24.3 Å². The first-order chi connectivity index (χ1) is 13.5. The maximum absolute atomic E-state index is 12.8. The standard InChI is InChI=1S/C21H29N3O4/c1-16(25)22-11-13-24(14-12-22)21(27)18-7-9-23(10-8-18)20(26)15-17-3-5-19(28-2)6-4-17/h3-6,18H,7-15H2,1-2H3. The zero-order valence-electron chi connectivity index (χ0n) is 16.7. The van der Waals surface area contributed by atoms with Gasteiger partial charge in [0.05, 0.1) is 13.5 Å². The molecule has 7 heteroatoms. The van der Waals surface area contributed by atoms with Crippen molar-refractivity contribution >= 4 is 17.7 Å². The highest BCUT2D eigenvalue weighted by molar-refractivity contribution is 5.81. The van der Waals surface area contributed by atoms with Crippen molar-refractivity contribution in [2.45, 2.75) is 26.2 Å².